The van der Waals surface area contributed by atoms with Gasteiger partial charge in [0.05, 0.1) is 0 Å². The van der Waals surface area contributed by atoms with E-state index in [1.54, 1.807) is 30.9 Å². The molecule has 1 heterocycles. The number of likely N-dealkylation sites (tertiary alicyclic amines) is 1. The summed E-state index contributed by atoms with van der Waals surface area (Å²) in [6.07, 6.45) is 2.23. The maximum atomic E-state index is 12.4. The third-order valence-electron chi connectivity index (χ3n) is 5.02. The van der Waals surface area contributed by atoms with E-state index in [9.17, 15) is 14.4 Å². The topological polar surface area (TPSA) is 75.7 Å². The highest BCUT2D eigenvalue weighted by molar-refractivity contribution is 5.97. The largest absolute Gasteiger partial charge is 0.451 e. The molecule has 154 valence electrons. The molecule has 6 nitrogen and oxygen atoms in total. The molecule has 1 saturated heterocycles. The van der Waals surface area contributed by atoms with E-state index in [0.29, 0.717) is 18.7 Å². The Bertz CT molecular complexity index is 700. The fraction of sp³-hybridized carbons (Fsp3) is 0.591. The van der Waals surface area contributed by atoms with E-state index in [1.807, 2.05) is 12.1 Å². The Labute approximate surface area is 167 Å². The summed E-state index contributed by atoms with van der Waals surface area (Å²) in [5.74, 6) is -1.14. The van der Waals surface area contributed by atoms with Crippen molar-refractivity contribution in [2.24, 2.45) is 0 Å². The van der Waals surface area contributed by atoms with Crippen molar-refractivity contribution in [3.05, 3.63) is 35.4 Å². The lowest BCUT2D eigenvalue weighted by Crippen LogP contribution is -2.46. The van der Waals surface area contributed by atoms with Crippen molar-refractivity contribution >= 4 is 17.8 Å². The van der Waals surface area contributed by atoms with E-state index in [2.05, 4.69) is 26.1 Å². The SMILES string of the molecule is C[C@H](NC(=O)c1ccc(C(C)(C)C)cc1)C(=O)O[C@@H](C)C(=O)N1CCCCC1. The van der Waals surface area contributed by atoms with Gasteiger partial charge in [-0.05, 0) is 56.2 Å². The lowest BCUT2D eigenvalue weighted by molar-refractivity contribution is -0.160. The van der Waals surface area contributed by atoms with Gasteiger partial charge in [0, 0.05) is 18.7 Å². The molecule has 2 amide bonds. The Morgan fingerprint density at radius 2 is 1.57 bits per heavy atom. The van der Waals surface area contributed by atoms with Crippen LogP contribution < -0.4 is 5.32 Å². The molecule has 0 bridgehead atoms. The summed E-state index contributed by atoms with van der Waals surface area (Å²) in [7, 11) is 0. The first-order valence-electron chi connectivity index (χ1n) is 10.0. The third-order valence-corrected chi connectivity index (χ3v) is 5.02. The molecular formula is C22H32N2O4. The van der Waals surface area contributed by atoms with Crippen LogP contribution in [-0.2, 0) is 19.7 Å². The van der Waals surface area contributed by atoms with Crippen molar-refractivity contribution in [1.82, 2.24) is 10.2 Å². The number of hydrogen-bond acceptors (Lipinski definition) is 4. The van der Waals surface area contributed by atoms with Crippen molar-refractivity contribution in [2.45, 2.75) is 71.4 Å². The molecule has 1 fully saturated rings. The Hall–Kier alpha value is -2.37. The summed E-state index contributed by atoms with van der Waals surface area (Å²) in [5, 5.41) is 2.64. The van der Waals surface area contributed by atoms with Crippen LogP contribution in [0.3, 0.4) is 0 Å². The molecule has 0 radical (unpaired) electrons. The minimum absolute atomic E-state index is 0.00311. The fourth-order valence-corrected chi connectivity index (χ4v) is 3.16. The number of carbonyl (C=O) groups excluding carboxylic acids is 3. The van der Waals surface area contributed by atoms with Gasteiger partial charge < -0.3 is 15.0 Å². The van der Waals surface area contributed by atoms with Crippen molar-refractivity contribution in [2.75, 3.05) is 13.1 Å². The minimum atomic E-state index is -0.851. The van der Waals surface area contributed by atoms with Crippen LogP contribution in [0, 0.1) is 0 Å². The van der Waals surface area contributed by atoms with Crippen molar-refractivity contribution in [3.63, 3.8) is 0 Å². The number of carbonyl (C=O) groups is 3. The highest BCUT2D eigenvalue weighted by atomic mass is 16.5. The second-order valence-electron chi connectivity index (χ2n) is 8.49. The molecule has 2 rings (SSSR count). The summed E-state index contributed by atoms with van der Waals surface area (Å²) in [6, 6.07) is 6.48. The monoisotopic (exact) mass is 388 g/mol. The van der Waals surface area contributed by atoms with Gasteiger partial charge in [-0.25, -0.2) is 4.79 Å². The van der Waals surface area contributed by atoms with Gasteiger partial charge in [-0.3, -0.25) is 9.59 Å². The fourth-order valence-electron chi connectivity index (χ4n) is 3.16. The number of esters is 1. The predicted molar refractivity (Wildman–Crippen MR) is 108 cm³/mol. The van der Waals surface area contributed by atoms with Crippen LogP contribution >= 0.6 is 0 Å². The summed E-state index contributed by atoms with van der Waals surface area (Å²) >= 11 is 0. The predicted octanol–water partition coefficient (Wildman–Crippen LogP) is 3.05. The summed E-state index contributed by atoms with van der Waals surface area (Å²) in [5.41, 5.74) is 1.61. The van der Waals surface area contributed by atoms with Crippen LogP contribution in [0.15, 0.2) is 24.3 Å². The van der Waals surface area contributed by atoms with Crippen LogP contribution in [0.25, 0.3) is 0 Å². The lowest BCUT2D eigenvalue weighted by atomic mass is 9.86. The van der Waals surface area contributed by atoms with Gasteiger partial charge in [0.1, 0.15) is 6.04 Å². The molecule has 0 saturated carbocycles. The molecular weight excluding hydrogens is 356 g/mol. The number of benzene rings is 1. The van der Waals surface area contributed by atoms with Gasteiger partial charge in [-0.1, -0.05) is 32.9 Å². The van der Waals surface area contributed by atoms with Crippen LogP contribution in [0.1, 0.15) is 69.8 Å². The summed E-state index contributed by atoms with van der Waals surface area (Å²) in [4.78, 5) is 38.8. The average Bonchev–Trinajstić information content (AvgIpc) is 2.67. The number of nitrogens with one attached hydrogen (secondary N) is 1. The van der Waals surface area contributed by atoms with E-state index < -0.39 is 18.1 Å². The van der Waals surface area contributed by atoms with E-state index in [4.69, 9.17) is 4.74 Å². The average molecular weight is 389 g/mol. The number of piperidine rings is 1. The maximum Gasteiger partial charge on any atom is 0.329 e. The molecule has 1 aliphatic rings. The number of hydrogen-bond donors (Lipinski definition) is 1. The Morgan fingerprint density at radius 1 is 1.00 bits per heavy atom. The molecule has 1 N–H and O–H groups in total. The zero-order valence-corrected chi connectivity index (χ0v) is 17.6. The normalized spacial score (nSPS) is 16.8. The number of rotatable bonds is 5. The van der Waals surface area contributed by atoms with E-state index in [-0.39, 0.29) is 17.2 Å². The standard InChI is InChI=1S/C22H32N2O4/c1-15(21(27)28-16(2)20(26)24-13-7-6-8-14-24)23-19(25)17-9-11-18(12-10-17)22(3,4)5/h9-12,15-16H,6-8,13-14H2,1-5H3,(H,23,25)/t15-,16-/m0/s1. The number of ether oxygens (including phenoxy) is 1. The zero-order valence-electron chi connectivity index (χ0n) is 17.6. The van der Waals surface area contributed by atoms with Gasteiger partial charge in [-0.15, -0.1) is 0 Å². The summed E-state index contributed by atoms with van der Waals surface area (Å²) < 4.78 is 5.28. The van der Waals surface area contributed by atoms with Crippen molar-refractivity contribution < 1.29 is 19.1 Å². The molecule has 0 unspecified atom stereocenters. The van der Waals surface area contributed by atoms with Gasteiger partial charge in [-0.2, -0.15) is 0 Å². The van der Waals surface area contributed by atoms with E-state index in [0.717, 1.165) is 24.8 Å². The van der Waals surface area contributed by atoms with E-state index in [1.165, 1.54) is 0 Å². The molecule has 0 spiro atoms. The van der Waals surface area contributed by atoms with Gasteiger partial charge in [0.2, 0.25) is 0 Å². The third kappa shape index (κ3) is 5.81. The molecule has 1 aromatic rings. The van der Waals surface area contributed by atoms with Crippen LogP contribution in [-0.4, -0.2) is 47.9 Å². The first kappa shape index (κ1) is 21.9. The lowest BCUT2D eigenvalue weighted by Gasteiger charge is -2.29. The molecule has 2 atom stereocenters. The summed E-state index contributed by atoms with van der Waals surface area (Å²) in [6.45, 7) is 10.9. The molecule has 0 aliphatic carbocycles. The minimum Gasteiger partial charge on any atom is -0.451 e. The Morgan fingerprint density at radius 3 is 2.11 bits per heavy atom. The second-order valence-corrected chi connectivity index (χ2v) is 8.49. The quantitative estimate of drug-likeness (QED) is 0.787. The highest BCUT2D eigenvalue weighted by Gasteiger charge is 2.27. The Balaban J connectivity index is 1.88. The van der Waals surface area contributed by atoms with Gasteiger partial charge in [0.25, 0.3) is 11.8 Å². The van der Waals surface area contributed by atoms with Crippen molar-refractivity contribution in [1.29, 1.82) is 0 Å². The van der Waals surface area contributed by atoms with Gasteiger partial charge >= 0.3 is 5.97 Å². The highest BCUT2D eigenvalue weighted by Crippen LogP contribution is 2.22. The first-order valence-corrected chi connectivity index (χ1v) is 10.0. The Kier molecular flexibility index (Phi) is 7.22. The molecule has 28 heavy (non-hydrogen) atoms. The van der Waals surface area contributed by atoms with Crippen LogP contribution in [0.2, 0.25) is 0 Å². The van der Waals surface area contributed by atoms with Crippen LogP contribution in [0.4, 0.5) is 0 Å². The van der Waals surface area contributed by atoms with Crippen LogP contribution in [0.5, 0.6) is 0 Å². The van der Waals surface area contributed by atoms with E-state index >= 15 is 0 Å². The molecule has 1 aromatic carbocycles. The van der Waals surface area contributed by atoms with Gasteiger partial charge in [0.15, 0.2) is 6.10 Å². The van der Waals surface area contributed by atoms with Crippen molar-refractivity contribution in [3.8, 4) is 0 Å². The smallest absolute Gasteiger partial charge is 0.329 e. The number of nitrogens with zero attached hydrogens (tertiary/aromatic N) is 1. The second kappa shape index (κ2) is 9.22. The first-order chi connectivity index (χ1) is 13.1. The molecule has 0 aromatic heterocycles. The molecule has 6 heteroatoms. The number of amides is 2. The zero-order chi connectivity index (χ0) is 20.9. The molecule has 1 aliphatic heterocycles. The maximum absolute atomic E-state index is 12.4.